The summed E-state index contributed by atoms with van der Waals surface area (Å²) in [5.74, 6) is 3.12. The van der Waals surface area contributed by atoms with Gasteiger partial charge in [-0.05, 0) is 93.6 Å². The minimum Gasteiger partial charge on any atom is -0.308 e. The fourth-order valence-electron chi connectivity index (χ4n) is 6.42. The van der Waals surface area contributed by atoms with Gasteiger partial charge in [-0.1, -0.05) is 31.2 Å². The van der Waals surface area contributed by atoms with Gasteiger partial charge >= 0.3 is 0 Å². The van der Waals surface area contributed by atoms with Gasteiger partial charge in [-0.2, -0.15) is 0 Å². The number of aryl methyl sites for hydroxylation is 4. The molecule has 1 unspecified atom stereocenters. The van der Waals surface area contributed by atoms with E-state index in [0.29, 0.717) is 0 Å². The Labute approximate surface area is 210 Å². The molecule has 35 heavy (non-hydrogen) atoms. The summed E-state index contributed by atoms with van der Waals surface area (Å²) < 4.78 is 2.31. The summed E-state index contributed by atoms with van der Waals surface area (Å²) in [5, 5.41) is 0. The molecule has 0 spiro atoms. The summed E-state index contributed by atoms with van der Waals surface area (Å²) in [7, 11) is 0. The number of hydrogen-bond acceptors (Lipinski definition) is 4. The summed E-state index contributed by atoms with van der Waals surface area (Å²) in [6.45, 7) is 13.9. The predicted molar refractivity (Wildman–Crippen MR) is 143 cm³/mol. The van der Waals surface area contributed by atoms with Crippen LogP contribution in [0.1, 0.15) is 60.8 Å². The number of piperidine rings is 1. The molecule has 1 aliphatic carbocycles. The molecule has 2 saturated heterocycles. The number of benzene rings is 1. The van der Waals surface area contributed by atoms with Gasteiger partial charge in [-0.15, -0.1) is 0 Å². The van der Waals surface area contributed by atoms with E-state index in [2.05, 4.69) is 65.5 Å². The lowest BCUT2D eigenvalue weighted by molar-refractivity contribution is -0.0450. The van der Waals surface area contributed by atoms with Gasteiger partial charge in [-0.25, -0.2) is 9.97 Å². The van der Waals surface area contributed by atoms with Crippen LogP contribution in [0.15, 0.2) is 30.3 Å². The predicted octanol–water partition coefficient (Wildman–Crippen LogP) is 5.01. The number of nitrogens with zero attached hydrogens (tertiary/aromatic N) is 5. The Hall–Kier alpha value is -2.24. The lowest BCUT2D eigenvalue weighted by atomic mass is 9.82. The maximum Gasteiger partial charge on any atom is 0.160 e. The molecule has 4 heterocycles. The zero-order chi connectivity index (χ0) is 23.9. The fraction of sp³-hybridized carbons (Fsp3) is 0.600. The standard InChI is InChI=1S/C30H41N5/c1-4-28-32-29-21(2)16-22(3)31-30(29)35(28)18-25-9-7-23(8-10-25)6-5-14-34-19-26-13-15-33(20-27(26)34)17-24-11-12-24/h7-10,16,24,26-27H,4-6,11-15,17-20H2,1-3H3/t26?,27-/m0/s1. The Kier molecular flexibility index (Phi) is 6.40. The molecular weight excluding hydrogens is 430 g/mol. The van der Waals surface area contributed by atoms with Crippen LogP contribution in [0.25, 0.3) is 11.2 Å². The van der Waals surface area contributed by atoms with Crippen molar-refractivity contribution in [2.45, 2.75) is 71.9 Å². The molecule has 0 N–H and O–H groups in total. The number of fused-ring (bicyclic) bond motifs is 2. The second-order valence-electron chi connectivity index (χ2n) is 11.5. The molecule has 2 aliphatic heterocycles. The molecule has 2 atom stereocenters. The van der Waals surface area contributed by atoms with Crippen molar-refractivity contribution in [2.24, 2.45) is 11.8 Å². The largest absolute Gasteiger partial charge is 0.308 e. The third kappa shape index (κ3) is 4.90. The van der Waals surface area contributed by atoms with Gasteiger partial charge in [0, 0.05) is 37.8 Å². The van der Waals surface area contributed by atoms with E-state index in [1.165, 1.54) is 81.5 Å². The van der Waals surface area contributed by atoms with E-state index in [-0.39, 0.29) is 0 Å². The monoisotopic (exact) mass is 471 g/mol. The summed E-state index contributed by atoms with van der Waals surface area (Å²) in [4.78, 5) is 15.3. The van der Waals surface area contributed by atoms with E-state index >= 15 is 0 Å². The second kappa shape index (κ2) is 9.67. The lowest BCUT2D eigenvalue weighted by Gasteiger charge is -2.54. The van der Waals surface area contributed by atoms with Crippen LogP contribution in [0.4, 0.5) is 0 Å². The molecule has 0 radical (unpaired) electrons. The van der Waals surface area contributed by atoms with E-state index in [1.807, 2.05) is 0 Å². The van der Waals surface area contributed by atoms with Crippen molar-refractivity contribution < 1.29 is 0 Å². The van der Waals surface area contributed by atoms with E-state index in [0.717, 1.165) is 53.5 Å². The van der Waals surface area contributed by atoms with Crippen molar-refractivity contribution in [1.29, 1.82) is 0 Å². The van der Waals surface area contributed by atoms with Crippen molar-refractivity contribution >= 4 is 11.2 Å². The van der Waals surface area contributed by atoms with Crippen molar-refractivity contribution in [3.8, 4) is 0 Å². The van der Waals surface area contributed by atoms with Gasteiger partial charge in [-0.3, -0.25) is 4.90 Å². The number of hydrogen-bond donors (Lipinski definition) is 0. The van der Waals surface area contributed by atoms with Crippen LogP contribution in [-0.2, 0) is 19.4 Å². The highest BCUT2D eigenvalue weighted by molar-refractivity contribution is 5.76. The van der Waals surface area contributed by atoms with Gasteiger partial charge in [0.2, 0.25) is 0 Å². The topological polar surface area (TPSA) is 37.2 Å². The average molecular weight is 472 g/mol. The van der Waals surface area contributed by atoms with Crippen LogP contribution in [-0.4, -0.2) is 63.1 Å². The maximum absolute atomic E-state index is 4.90. The highest BCUT2D eigenvalue weighted by atomic mass is 15.3. The first-order valence-electron chi connectivity index (χ1n) is 13.9. The van der Waals surface area contributed by atoms with E-state index < -0.39 is 0 Å². The molecule has 1 saturated carbocycles. The molecular formula is C30H41N5. The van der Waals surface area contributed by atoms with Crippen molar-refractivity contribution in [2.75, 3.05) is 32.7 Å². The van der Waals surface area contributed by atoms with Crippen LogP contribution < -0.4 is 0 Å². The molecule has 6 rings (SSSR count). The molecule has 1 aromatic carbocycles. The number of likely N-dealkylation sites (tertiary alicyclic amines) is 2. The van der Waals surface area contributed by atoms with E-state index in [4.69, 9.17) is 9.97 Å². The normalized spacial score (nSPS) is 22.9. The second-order valence-corrected chi connectivity index (χ2v) is 11.5. The Bertz CT molecular complexity index is 1180. The Balaban J connectivity index is 1.03. The quantitative estimate of drug-likeness (QED) is 0.440. The minimum atomic E-state index is 0.837. The SMILES string of the molecule is CCc1nc2c(C)cc(C)nc2n1Cc1ccc(CCCN2CC3CCN(CC4CC4)C[C@@H]32)cc1. The van der Waals surface area contributed by atoms with Crippen LogP contribution in [0, 0.1) is 25.7 Å². The van der Waals surface area contributed by atoms with Gasteiger partial charge < -0.3 is 9.47 Å². The number of aromatic nitrogens is 3. The van der Waals surface area contributed by atoms with Crippen molar-refractivity contribution in [3.63, 3.8) is 0 Å². The molecule has 3 aliphatic rings. The van der Waals surface area contributed by atoms with Crippen LogP contribution >= 0.6 is 0 Å². The van der Waals surface area contributed by atoms with Crippen LogP contribution in [0.3, 0.4) is 0 Å². The van der Waals surface area contributed by atoms with E-state index in [1.54, 1.807) is 0 Å². The molecule has 186 valence electrons. The number of imidazole rings is 1. The highest BCUT2D eigenvalue weighted by Gasteiger charge is 2.42. The zero-order valence-corrected chi connectivity index (χ0v) is 21.8. The van der Waals surface area contributed by atoms with Gasteiger partial charge in [0.25, 0.3) is 0 Å². The van der Waals surface area contributed by atoms with Gasteiger partial charge in [0.15, 0.2) is 5.65 Å². The summed E-state index contributed by atoms with van der Waals surface area (Å²) >= 11 is 0. The zero-order valence-electron chi connectivity index (χ0n) is 21.8. The summed E-state index contributed by atoms with van der Waals surface area (Å²) in [6.07, 6.45) is 7.73. The third-order valence-corrected chi connectivity index (χ3v) is 8.65. The Morgan fingerprint density at radius 2 is 1.77 bits per heavy atom. The molecule has 3 fully saturated rings. The third-order valence-electron chi connectivity index (χ3n) is 8.65. The molecule has 0 bridgehead atoms. The first-order valence-corrected chi connectivity index (χ1v) is 13.9. The lowest BCUT2D eigenvalue weighted by Crippen LogP contribution is -2.64. The Morgan fingerprint density at radius 3 is 2.54 bits per heavy atom. The Morgan fingerprint density at radius 1 is 0.971 bits per heavy atom. The minimum absolute atomic E-state index is 0.837. The van der Waals surface area contributed by atoms with Crippen molar-refractivity contribution in [1.82, 2.24) is 24.3 Å². The smallest absolute Gasteiger partial charge is 0.160 e. The van der Waals surface area contributed by atoms with Gasteiger partial charge in [0.05, 0.1) is 6.54 Å². The average Bonchev–Trinajstić information content (AvgIpc) is 3.59. The summed E-state index contributed by atoms with van der Waals surface area (Å²) in [5.41, 5.74) is 7.13. The first-order chi connectivity index (χ1) is 17.1. The number of rotatable bonds is 9. The first kappa shape index (κ1) is 23.2. The molecule has 5 nitrogen and oxygen atoms in total. The molecule has 2 aromatic heterocycles. The maximum atomic E-state index is 4.90. The molecule has 5 heteroatoms. The highest BCUT2D eigenvalue weighted by Crippen LogP contribution is 2.36. The van der Waals surface area contributed by atoms with Crippen molar-refractivity contribution in [3.05, 3.63) is 58.5 Å². The van der Waals surface area contributed by atoms with Crippen LogP contribution in [0.2, 0.25) is 0 Å². The summed E-state index contributed by atoms with van der Waals surface area (Å²) in [6, 6.07) is 12.2. The fourth-order valence-corrected chi connectivity index (χ4v) is 6.42. The van der Waals surface area contributed by atoms with Gasteiger partial charge in [0.1, 0.15) is 11.3 Å². The molecule has 0 amide bonds. The molecule has 3 aromatic rings. The van der Waals surface area contributed by atoms with Crippen LogP contribution in [0.5, 0.6) is 0 Å². The number of pyridine rings is 1. The van der Waals surface area contributed by atoms with E-state index in [9.17, 15) is 0 Å².